The summed E-state index contributed by atoms with van der Waals surface area (Å²) in [4.78, 5) is 33.1. The van der Waals surface area contributed by atoms with Crippen molar-refractivity contribution in [3.05, 3.63) is 85.6 Å². The summed E-state index contributed by atoms with van der Waals surface area (Å²) in [6, 6.07) is 11.3. The Morgan fingerprint density at radius 2 is 1.97 bits per heavy atom. The van der Waals surface area contributed by atoms with Crippen LogP contribution in [0.15, 0.2) is 62.4 Å². The number of esters is 1. The van der Waals surface area contributed by atoms with Gasteiger partial charge in [-0.3, -0.25) is 9.36 Å². The van der Waals surface area contributed by atoms with Crippen LogP contribution in [-0.4, -0.2) is 30.5 Å². The van der Waals surface area contributed by atoms with Crippen molar-refractivity contribution in [2.45, 2.75) is 24.8 Å². The SMILES string of the molecule is CCOC(=O)C1=C(C)N=c2s/c(=C\c3cc(I)cc(I)c3OC)c(=O)n2[C@H]1c1ccc(SC)cc1. The molecule has 4 rings (SSSR count). The molecule has 0 saturated carbocycles. The molecule has 0 bridgehead atoms. The number of methoxy groups -OCH3 is 1. The molecule has 0 N–H and O–H groups in total. The Morgan fingerprint density at radius 1 is 1.26 bits per heavy atom. The van der Waals surface area contributed by atoms with Crippen molar-refractivity contribution >= 4 is 80.3 Å². The van der Waals surface area contributed by atoms with Gasteiger partial charge >= 0.3 is 5.97 Å². The van der Waals surface area contributed by atoms with Crippen molar-refractivity contribution in [3.8, 4) is 5.75 Å². The fourth-order valence-electron chi connectivity index (χ4n) is 3.94. The van der Waals surface area contributed by atoms with Crippen LogP contribution in [0.25, 0.3) is 6.08 Å². The van der Waals surface area contributed by atoms with Gasteiger partial charge in [-0.25, -0.2) is 9.79 Å². The molecule has 1 aliphatic rings. The van der Waals surface area contributed by atoms with Gasteiger partial charge in [-0.2, -0.15) is 0 Å². The third-order valence-corrected chi connectivity index (χ3v) is 8.63. The molecule has 0 aliphatic carbocycles. The van der Waals surface area contributed by atoms with E-state index in [0.29, 0.717) is 26.4 Å². The Hall–Kier alpha value is -1.64. The number of hydrogen-bond acceptors (Lipinski definition) is 7. The first-order valence-corrected chi connectivity index (χ1v) is 14.9. The van der Waals surface area contributed by atoms with E-state index in [-0.39, 0.29) is 12.2 Å². The molecule has 6 nitrogen and oxygen atoms in total. The number of halogens is 2. The van der Waals surface area contributed by atoms with E-state index in [1.165, 1.54) is 11.3 Å². The molecular formula is C25H22I2N2O4S2. The maximum absolute atomic E-state index is 13.8. The number of aromatic nitrogens is 1. The van der Waals surface area contributed by atoms with Gasteiger partial charge < -0.3 is 9.47 Å². The number of nitrogens with zero attached hydrogens (tertiary/aromatic N) is 2. The summed E-state index contributed by atoms with van der Waals surface area (Å²) in [5, 5.41) is 0. The first kappa shape index (κ1) is 26.4. The number of hydrogen-bond donors (Lipinski definition) is 0. The van der Waals surface area contributed by atoms with Crippen molar-refractivity contribution in [3.63, 3.8) is 0 Å². The van der Waals surface area contributed by atoms with Crippen LogP contribution in [0.1, 0.15) is 31.0 Å². The zero-order valence-corrected chi connectivity index (χ0v) is 25.4. The summed E-state index contributed by atoms with van der Waals surface area (Å²) in [5.41, 5.74) is 2.36. The van der Waals surface area contributed by atoms with E-state index in [1.54, 1.807) is 37.3 Å². The van der Waals surface area contributed by atoms with Crippen molar-refractivity contribution < 1.29 is 14.3 Å². The quantitative estimate of drug-likeness (QED) is 0.208. The molecule has 2 heterocycles. The third-order valence-electron chi connectivity index (χ3n) is 5.48. The summed E-state index contributed by atoms with van der Waals surface area (Å²) in [6.45, 7) is 3.79. The van der Waals surface area contributed by atoms with Crippen molar-refractivity contribution in [2.24, 2.45) is 4.99 Å². The fraction of sp³-hybridized carbons (Fsp3) is 0.240. The first-order valence-electron chi connectivity index (χ1n) is 10.7. The largest absolute Gasteiger partial charge is 0.495 e. The summed E-state index contributed by atoms with van der Waals surface area (Å²) < 4.78 is 15.1. The minimum atomic E-state index is -0.624. The van der Waals surface area contributed by atoms with Crippen molar-refractivity contribution in [1.82, 2.24) is 4.57 Å². The number of carbonyl (C=O) groups is 1. The highest BCUT2D eigenvalue weighted by atomic mass is 127. The van der Waals surface area contributed by atoms with Gasteiger partial charge in [0.2, 0.25) is 0 Å². The van der Waals surface area contributed by atoms with Crippen LogP contribution in [0.2, 0.25) is 0 Å². The van der Waals surface area contributed by atoms with Crippen LogP contribution >= 0.6 is 68.3 Å². The third kappa shape index (κ3) is 5.25. The zero-order chi connectivity index (χ0) is 25.3. The van der Waals surface area contributed by atoms with E-state index < -0.39 is 12.0 Å². The van der Waals surface area contributed by atoms with Gasteiger partial charge in [0.05, 0.1) is 39.1 Å². The number of thiazole rings is 1. The van der Waals surface area contributed by atoms with Gasteiger partial charge in [-0.15, -0.1) is 11.8 Å². The molecule has 10 heteroatoms. The number of benzene rings is 2. The number of carbonyl (C=O) groups excluding carboxylic acids is 1. The van der Waals surface area contributed by atoms with Gasteiger partial charge in [0.15, 0.2) is 4.80 Å². The molecule has 1 aliphatic heterocycles. The van der Waals surface area contributed by atoms with Gasteiger partial charge in [0.25, 0.3) is 5.56 Å². The Balaban J connectivity index is 1.97. The average Bonchev–Trinajstić information content (AvgIpc) is 3.12. The summed E-state index contributed by atoms with van der Waals surface area (Å²) in [6.07, 6.45) is 3.84. The summed E-state index contributed by atoms with van der Waals surface area (Å²) >= 11 is 7.41. The molecule has 1 atom stereocenters. The molecule has 0 saturated heterocycles. The molecule has 1 aromatic heterocycles. The minimum absolute atomic E-state index is 0.210. The van der Waals surface area contributed by atoms with Gasteiger partial charge in [-0.1, -0.05) is 23.5 Å². The maximum Gasteiger partial charge on any atom is 0.338 e. The van der Waals surface area contributed by atoms with Crippen LogP contribution in [-0.2, 0) is 9.53 Å². The standard InChI is InChI=1S/C25H22I2N2O4S2/c1-5-33-24(31)20-13(2)28-25-29(21(20)14-6-8-17(34-4)9-7-14)23(30)19(35-25)11-15-10-16(26)12-18(27)22(15)32-3/h6-12,21H,5H2,1-4H3/b19-11-/t21-/m0/s1. The molecule has 0 amide bonds. The summed E-state index contributed by atoms with van der Waals surface area (Å²) in [7, 11) is 1.62. The number of rotatable bonds is 6. The maximum atomic E-state index is 13.8. The van der Waals surface area contributed by atoms with E-state index in [0.717, 1.165) is 23.2 Å². The lowest BCUT2D eigenvalue weighted by Crippen LogP contribution is -2.39. The Bertz CT molecular complexity index is 1510. The Labute approximate surface area is 238 Å². The second-order valence-corrected chi connectivity index (χ2v) is 11.9. The first-order chi connectivity index (χ1) is 16.8. The average molecular weight is 732 g/mol. The van der Waals surface area contributed by atoms with Crippen LogP contribution in [0.3, 0.4) is 0 Å². The minimum Gasteiger partial charge on any atom is -0.495 e. The normalized spacial score (nSPS) is 15.6. The molecule has 0 fully saturated rings. The molecule has 3 aromatic rings. The molecule has 0 radical (unpaired) electrons. The molecule has 2 aromatic carbocycles. The predicted octanol–water partition coefficient (Wildman–Crippen LogP) is 4.74. The molecule has 0 unspecified atom stereocenters. The monoisotopic (exact) mass is 732 g/mol. The highest BCUT2D eigenvalue weighted by molar-refractivity contribution is 14.1. The Morgan fingerprint density at radius 3 is 2.60 bits per heavy atom. The number of fused-ring (bicyclic) bond motifs is 1. The lowest BCUT2D eigenvalue weighted by atomic mass is 9.96. The fourth-order valence-corrected chi connectivity index (χ4v) is 7.49. The second-order valence-electron chi connectivity index (χ2n) is 7.59. The topological polar surface area (TPSA) is 69.9 Å². The van der Waals surface area contributed by atoms with Crippen molar-refractivity contribution in [1.29, 1.82) is 0 Å². The Kier molecular flexibility index (Phi) is 8.44. The van der Waals surface area contributed by atoms with E-state index in [2.05, 4.69) is 50.2 Å². The van der Waals surface area contributed by atoms with Crippen LogP contribution in [0.4, 0.5) is 0 Å². The highest BCUT2D eigenvalue weighted by Crippen LogP contribution is 2.32. The highest BCUT2D eigenvalue weighted by Gasteiger charge is 2.33. The van der Waals surface area contributed by atoms with Crippen LogP contribution in [0.5, 0.6) is 5.75 Å². The van der Waals surface area contributed by atoms with E-state index in [4.69, 9.17) is 9.47 Å². The molecule has 0 spiro atoms. The number of ether oxygens (including phenoxy) is 2. The molecule has 182 valence electrons. The van der Waals surface area contributed by atoms with E-state index in [1.807, 2.05) is 48.7 Å². The number of thioether (sulfide) groups is 1. The lowest BCUT2D eigenvalue weighted by Gasteiger charge is -2.24. The lowest BCUT2D eigenvalue weighted by molar-refractivity contribution is -0.139. The van der Waals surface area contributed by atoms with Crippen molar-refractivity contribution in [2.75, 3.05) is 20.0 Å². The molecular weight excluding hydrogens is 710 g/mol. The van der Waals surface area contributed by atoms with Crippen LogP contribution < -0.4 is 19.6 Å². The predicted molar refractivity (Wildman–Crippen MR) is 157 cm³/mol. The van der Waals surface area contributed by atoms with E-state index >= 15 is 0 Å². The second kappa shape index (κ2) is 11.2. The van der Waals surface area contributed by atoms with E-state index in [9.17, 15) is 9.59 Å². The molecule has 35 heavy (non-hydrogen) atoms. The number of allylic oxidation sites excluding steroid dienone is 1. The van der Waals surface area contributed by atoms with Gasteiger partial charge in [0, 0.05) is 14.0 Å². The zero-order valence-electron chi connectivity index (χ0n) is 19.4. The van der Waals surface area contributed by atoms with Gasteiger partial charge in [-0.05, 0) is 101 Å². The van der Waals surface area contributed by atoms with Crippen LogP contribution in [0, 0.1) is 7.14 Å². The smallest absolute Gasteiger partial charge is 0.338 e. The summed E-state index contributed by atoms with van der Waals surface area (Å²) in [5.74, 6) is 0.250. The van der Waals surface area contributed by atoms with Gasteiger partial charge in [0.1, 0.15) is 5.75 Å².